The third-order valence-corrected chi connectivity index (χ3v) is 13.9. The molecule has 0 aromatic heterocycles. The summed E-state index contributed by atoms with van der Waals surface area (Å²) in [7, 11) is -4.07. The molecule has 266 valence electrons. The summed E-state index contributed by atoms with van der Waals surface area (Å²) in [4.78, 5) is 26.2. The van der Waals surface area contributed by atoms with Crippen LogP contribution < -0.4 is 9.32 Å². The van der Waals surface area contributed by atoms with E-state index in [1.807, 2.05) is 12.1 Å². The van der Waals surface area contributed by atoms with E-state index in [1.165, 1.54) is 12.0 Å². The Morgan fingerprint density at radius 3 is 2.42 bits per heavy atom. The van der Waals surface area contributed by atoms with Gasteiger partial charge in [-0.3, -0.25) is 9.59 Å². The molecule has 1 aromatic rings. The highest BCUT2D eigenvalue weighted by Gasteiger charge is 2.56. The molecule has 4 aliphatic carbocycles. The van der Waals surface area contributed by atoms with E-state index in [0.29, 0.717) is 41.4 Å². The monoisotopic (exact) mass is 687 g/mol. The number of aryl methyl sites for hydroxylation is 1. The number of hydrogen-bond donors (Lipinski definition) is 1. The van der Waals surface area contributed by atoms with Gasteiger partial charge in [-0.15, -0.1) is 0 Å². The Bertz CT molecular complexity index is 1500. The number of fused-ring (bicyclic) bond motifs is 5. The van der Waals surface area contributed by atoms with Crippen LogP contribution in [-0.2, 0) is 45.3 Å². The Balaban J connectivity index is 0.926. The van der Waals surface area contributed by atoms with Gasteiger partial charge in [0.15, 0.2) is 6.29 Å². The van der Waals surface area contributed by atoms with Crippen LogP contribution in [0.1, 0.15) is 115 Å². The molecule has 2 saturated heterocycles. The summed E-state index contributed by atoms with van der Waals surface area (Å²) in [6, 6.07) is 5.50. The molecule has 2 aliphatic heterocycles. The first-order valence-electron chi connectivity index (χ1n) is 18.4. The minimum atomic E-state index is -4.07. The van der Waals surface area contributed by atoms with E-state index in [2.05, 4.69) is 27.7 Å². The van der Waals surface area contributed by atoms with Gasteiger partial charge in [0.05, 0.1) is 18.9 Å². The number of esters is 2. The van der Waals surface area contributed by atoms with Crippen molar-refractivity contribution < 1.29 is 41.1 Å². The first-order valence-corrected chi connectivity index (χ1v) is 19.8. The van der Waals surface area contributed by atoms with Crippen LogP contribution in [0.5, 0.6) is 5.75 Å². The number of benzene rings is 1. The molecule has 0 bridgehead atoms. The molecule has 11 heteroatoms. The minimum absolute atomic E-state index is 0.0118. The lowest BCUT2D eigenvalue weighted by atomic mass is 9.55. The highest BCUT2D eigenvalue weighted by Crippen LogP contribution is 2.62. The van der Waals surface area contributed by atoms with Gasteiger partial charge in [-0.1, -0.05) is 33.3 Å². The number of carbonyl (C=O) groups is 2. The van der Waals surface area contributed by atoms with Gasteiger partial charge in [-0.05, 0) is 123 Å². The summed E-state index contributed by atoms with van der Waals surface area (Å²) in [5.41, 5.74) is 2.27. The number of nitrogens with two attached hydrogens (primary N) is 1. The maximum absolute atomic E-state index is 13.1. The smallest absolute Gasteiger partial charge is 0.380 e. The standard InChI is InChI=1S/C37H53NO9S/c1-20-5-9-26-22(3)35(46-36-34(26)25(20)10-6-21(2)43-36)45-33(40)16-15-32(39)44-31-14-13-30-29-11-7-23-19-24(47-48(38,41)42)8-12-27(23)28(29)17-18-37(30,31)4/h8,12,19-22,25-26,28-31,34-36H,5-7,9-11,13-18H2,1-4H3,(H2,38,41,42)/t20-,21+,22-,25+,26+,28?,29-,30?,31+,34?,35-,36?,37+/m1/s1. The molecule has 13 atom stereocenters. The Morgan fingerprint density at radius 1 is 0.896 bits per heavy atom. The number of carbonyl (C=O) groups excluding carboxylic acids is 2. The zero-order valence-corrected chi connectivity index (χ0v) is 29.6. The fourth-order valence-corrected chi connectivity index (χ4v) is 11.5. The largest absolute Gasteiger partial charge is 0.462 e. The third kappa shape index (κ3) is 6.53. The zero-order valence-electron chi connectivity index (χ0n) is 28.8. The van der Waals surface area contributed by atoms with Crippen molar-refractivity contribution in [1.82, 2.24) is 0 Å². The lowest BCUT2D eigenvalue weighted by Crippen LogP contribution is -2.54. The van der Waals surface area contributed by atoms with Gasteiger partial charge in [0.25, 0.3) is 0 Å². The summed E-state index contributed by atoms with van der Waals surface area (Å²) in [6.07, 6.45) is 8.89. The van der Waals surface area contributed by atoms with Crippen LogP contribution in [0.2, 0.25) is 0 Å². The number of hydrogen-bond acceptors (Lipinski definition) is 9. The predicted molar refractivity (Wildman–Crippen MR) is 176 cm³/mol. The normalized spacial score (nSPS) is 41.9. The van der Waals surface area contributed by atoms with E-state index in [9.17, 15) is 18.0 Å². The molecule has 0 amide bonds. The SMILES string of the molecule is C[C@H]1[C@H](OC(=O)CCC(=O)O[C@H]2CCC3[C@@H]4CCc5cc(OS(N)(=O)=O)ccc5C4CC[C@@]32C)OC2O[C@@H](C)CC[C@@H]3C2[C@H]1CC[C@H]3C. The molecule has 7 rings (SSSR count). The van der Waals surface area contributed by atoms with Gasteiger partial charge in [0, 0.05) is 17.3 Å². The van der Waals surface area contributed by atoms with Crippen LogP contribution in [0, 0.1) is 46.8 Å². The fraction of sp³-hybridized carbons (Fsp3) is 0.784. The quantitative estimate of drug-likeness (QED) is 0.334. The number of ether oxygens (including phenoxy) is 4. The first-order chi connectivity index (χ1) is 22.8. The van der Waals surface area contributed by atoms with Crippen molar-refractivity contribution in [2.45, 2.75) is 135 Å². The molecule has 48 heavy (non-hydrogen) atoms. The maximum Gasteiger partial charge on any atom is 0.380 e. The lowest BCUT2D eigenvalue weighted by molar-refractivity contribution is -0.325. The average Bonchev–Trinajstić information content (AvgIpc) is 3.25. The maximum atomic E-state index is 13.1. The summed E-state index contributed by atoms with van der Waals surface area (Å²) in [5.74, 6) is 2.77. The molecule has 2 heterocycles. The molecule has 3 saturated carbocycles. The predicted octanol–water partition coefficient (Wildman–Crippen LogP) is 6.16. The second-order valence-corrected chi connectivity index (χ2v) is 17.3. The van der Waals surface area contributed by atoms with Crippen LogP contribution >= 0.6 is 0 Å². The minimum Gasteiger partial charge on any atom is -0.462 e. The summed E-state index contributed by atoms with van der Waals surface area (Å²) < 4.78 is 52.5. The second-order valence-electron chi connectivity index (χ2n) is 16.2. The van der Waals surface area contributed by atoms with Gasteiger partial charge in [-0.2, -0.15) is 13.6 Å². The van der Waals surface area contributed by atoms with Gasteiger partial charge >= 0.3 is 22.2 Å². The molecule has 0 radical (unpaired) electrons. The summed E-state index contributed by atoms with van der Waals surface area (Å²) >= 11 is 0. The van der Waals surface area contributed by atoms with Crippen molar-refractivity contribution in [1.29, 1.82) is 0 Å². The third-order valence-electron chi connectivity index (χ3n) is 13.5. The molecule has 6 aliphatic rings. The topological polar surface area (TPSA) is 140 Å². The fourth-order valence-electron chi connectivity index (χ4n) is 11.1. The molecule has 5 fully saturated rings. The van der Waals surface area contributed by atoms with Crippen molar-refractivity contribution >= 4 is 22.2 Å². The molecule has 4 unspecified atom stereocenters. The Labute approximate surface area is 285 Å². The molecule has 0 spiro atoms. The van der Waals surface area contributed by atoms with Crippen LogP contribution in [0.4, 0.5) is 0 Å². The van der Waals surface area contributed by atoms with Crippen molar-refractivity contribution in [3.63, 3.8) is 0 Å². The molecule has 2 N–H and O–H groups in total. The first kappa shape index (κ1) is 34.2. The van der Waals surface area contributed by atoms with E-state index in [4.69, 9.17) is 28.3 Å². The number of rotatable bonds is 7. The van der Waals surface area contributed by atoms with Gasteiger partial charge in [0.2, 0.25) is 6.29 Å². The van der Waals surface area contributed by atoms with Crippen molar-refractivity contribution in [2.75, 3.05) is 0 Å². The van der Waals surface area contributed by atoms with Crippen LogP contribution in [-0.4, -0.2) is 45.1 Å². The summed E-state index contributed by atoms with van der Waals surface area (Å²) in [6.45, 7) is 8.86. The van der Waals surface area contributed by atoms with Crippen LogP contribution in [0.3, 0.4) is 0 Å². The highest BCUT2D eigenvalue weighted by atomic mass is 32.2. The Morgan fingerprint density at radius 2 is 1.65 bits per heavy atom. The Hall–Kier alpha value is -2.21. The van der Waals surface area contributed by atoms with E-state index in [0.717, 1.165) is 63.4 Å². The molecule has 1 aromatic carbocycles. The van der Waals surface area contributed by atoms with Gasteiger partial charge < -0.3 is 23.1 Å². The van der Waals surface area contributed by atoms with E-state index >= 15 is 0 Å². The van der Waals surface area contributed by atoms with Crippen molar-refractivity contribution in [2.24, 2.45) is 52.0 Å². The Kier molecular flexibility index (Phi) is 9.39. The molecular formula is C37H53NO9S. The van der Waals surface area contributed by atoms with Crippen LogP contribution in [0.15, 0.2) is 18.2 Å². The van der Waals surface area contributed by atoms with Gasteiger partial charge in [0.1, 0.15) is 11.9 Å². The van der Waals surface area contributed by atoms with E-state index in [1.54, 1.807) is 6.07 Å². The second kappa shape index (κ2) is 13.2. The lowest BCUT2D eigenvalue weighted by Gasteiger charge is -2.51. The molecule has 10 nitrogen and oxygen atoms in total. The van der Waals surface area contributed by atoms with E-state index in [-0.39, 0.29) is 54.4 Å². The van der Waals surface area contributed by atoms with Gasteiger partial charge in [-0.25, -0.2) is 0 Å². The van der Waals surface area contributed by atoms with Crippen molar-refractivity contribution in [3.8, 4) is 5.75 Å². The molecular weight excluding hydrogens is 634 g/mol. The zero-order chi connectivity index (χ0) is 34.0. The van der Waals surface area contributed by atoms with Crippen molar-refractivity contribution in [3.05, 3.63) is 29.3 Å². The highest BCUT2D eigenvalue weighted by molar-refractivity contribution is 7.84. The van der Waals surface area contributed by atoms with Crippen LogP contribution in [0.25, 0.3) is 0 Å². The van der Waals surface area contributed by atoms with E-state index < -0.39 is 22.6 Å². The summed E-state index contributed by atoms with van der Waals surface area (Å²) in [5, 5.41) is 5.08. The average molecular weight is 688 g/mol.